The van der Waals surface area contributed by atoms with Gasteiger partial charge in [0.2, 0.25) is 0 Å². The van der Waals surface area contributed by atoms with E-state index in [2.05, 4.69) is 4.98 Å². The number of aromatic nitrogens is 1. The fraction of sp³-hybridized carbons (Fsp3) is 0.0833. The Balaban J connectivity index is 2.57. The monoisotopic (exact) mass is 325 g/mol. The summed E-state index contributed by atoms with van der Waals surface area (Å²) in [6.45, 7) is 0. The minimum Gasteiger partial charge on any atom is -0.243 e. The molecule has 0 radical (unpaired) electrons. The molecular weight excluding hydrogens is 321 g/mol. The molecule has 100 valence electrons. The fourth-order valence-corrected chi connectivity index (χ4v) is 2.10. The Morgan fingerprint density at radius 1 is 0.895 bits per heavy atom. The van der Waals surface area contributed by atoms with Crippen LogP contribution in [0.5, 0.6) is 0 Å². The summed E-state index contributed by atoms with van der Waals surface area (Å²) in [5.41, 5.74) is -0.618. The summed E-state index contributed by atoms with van der Waals surface area (Å²) in [5.74, 6) is 0. The molecule has 1 nitrogen and oxygen atoms in total. The molecule has 0 aliphatic carbocycles. The Bertz CT molecular complexity index is 626. The van der Waals surface area contributed by atoms with Gasteiger partial charge in [-0.3, -0.25) is 0 Å². The van der Waals surface area contributed by atoms with Gasteiger partial charge in [0, 0.05) is 5.56 Å². The molecule has 1 heterocycles. The Morgan fingerprint density at radius 2 is 1.58 bits per heavy atom. The van der Waals surface area contributed by atoms with Crippen LogP contribution in [0.25, 0.3) is 11.3 Å². The van der Waals surface area contributed by atoms with Crippen molar-refractivity contribution in [3.8, 4) is 11.3 Å². The summed E-state index contributed by atoms with van der Waals surface area (Å²) in [6, 6.07) is 6.48. The number of pyridine rings is 1. The Kier molecular flexibility index (Phi) is 3.95. The minimum atomic E-state index is -4.52. The number of rotatable bonds is 1. The van der Waals surface area contributed by atoms with Gasteiger partial charge in [0.25, 0.3) is 0 Å². The predicted octanol–water partition coefficient (Wildman–Crippen LogP) is 5.73. The lowest BCUT2D eigenvalue weighted by Crippen LogP contribution is -2.08. The van der Waals surface area contributed by atoms with Gasteiger partial charge >= 0.3 is 6.18 Å². The van der Waals surface area contributed by atoms with Crippen LogP contribution in [0.4, 0.5) is 13.2 Å². The van der Waals surface area contributed by atoms with Gasteiger partial charge in [-0.15, -0.1) is 0 Å². The van der Waals surface area contributed by atoms with Crippen LogP contribution in [0.3, 0.4) is 0 Å². The molecule has 1 aromatic carbocycles. The van der Waals surface area contributed by atoms with Crippen molar-refractivity contribution >= 4 is 34.8 Å². The van der Waals surface area contributed by atoms with Gasteiger partial charge in [0.1, 0.15) is 5.69 Å². The molecule has 0 atom stereocenters. The Labute approximate surface area is 121 Å². The molecule has 0 unspecified atom stereocenters. The first-order valence-electron chi connectivity index (χ1n) is 4.99. The maximum Gasteiger partial charge on any atom is 0.433 e. The highest BCUT2D eigenvalue weighted by molar-refractivity contribution is 6.49. The van der Waals surface area contributed by atoms with E-state index in [1.807, 2.05) is 0 Å². The van der Waals surface area contributed by atoms with Gasteiger partial charge in [-0.2, -0.15) is 13.2 Å². The molecule has 0 aliphatic rings. The van der Waals surface area contributed by atoms with Crippen LogP contribution >= 0.6 is 34.8 Å². The van der Waals surface area contributed by atoms with E-state index >= 15 is 0 Å². The van der Waals surface area contributed by atoms with Crippen LogP contribution in [0.2, 0.25) is 15.1 Å². The SMILES string of the molecule is FC(F)(F)c1cccc(-c2ccc(Cl)c(Cl)c2Cl)n1. The van der Waals surface area contributed by atoms with E-state index in [1.165, 1.54) is 24.3 Å². The number of alkyl halides is 3. The highest BCUT2D eigenvalue weighted by Gasteiger charge is 2.32. The first kappa shape index (κ1) is 14.4. The molecule has 0 saturated carbocycles. The van der Waals surface area contributed by atoms with E-state index in [0.29, 0.717) is 5.56 Å². The van der Waals surface area contributed by atoms with Crippen molar-refractivity contribution in [1.82, 2.24) is 4.98 Å². The molecule has 7 heteroatoms. The van der Waals surface area contributed by atoms with Crippen molar-refractivity contribution in [3.63, 3.8) is 0 Å². The zero-order chi connectivity index (χ0) is 14.2. The quantitative estimate of drug-likeness (QED) is 0.610. The van der Waals surface area contributed by atoms with Crippen LogP contribution in [0, 0.1) is 0 Å². The second-order valence-electron chi connectivity index (χ2n) is 3.63. The Hall–Kier alpha value is -0.970. The maximum atomic E-state index is 12.6. The lowest BCUT2D eigenvalue weighted by atomic mass is 10.1. The third-order valence-electron chi connectivity index (χ3n) is 2.35. The van der Waals surface area contributed by atoms with Crippen LogP contribution in [-0.2, 0) is 6.18 Å². The third kappa shape index (κ3) is 2.96. The molecule has 0 fully saturated rings. The van der Waals surface area contributed by atoms with Gasteiger partial charge in [-0.1, -0.05) is 40.9 Å². The van der Waals surface area contributed by atoms with Crippen molar-refractivity contribution in [2.24, 2.45) is 0 Å². The average molecular weight is 327 g/mol. The Morgan fingerprint density at radius 3 is 2.21 bits per heavy atom. The summed E-state index contributed by atoms with van der Waals surface area (Å²) in [4.78, 5) is 3.53. The molecule has 2 rings (SSSR count). The average Bonchev–Trinajstić information content (AvgIpc) is 2.35. The predicted molar refractivity (Wildman–Crippen MR) is 69.7 cm³/mol. The number of halogens is 6. The second kappa shape index (κ2) is 5.19. The molecular formula is C12H5Cl3F3N. The van der Waals surface area contributed by atoms with Crippen molar-refractivity contribution < 1.29 is 13.2 Å². The lowest BCUT2D eigenvalue weighted by Gasteiger charge is -2.10. The number of nitrogens with zero attached hydrogens (tertiary/aromatic N) is 1. The lowest BCUT2D eigenvalue weighted by molar-refractivity contribution is -0.141. The minimum absolute atomic E-state index is 0.0704. The van der Waals surface area contributed by atoms with Crippen LogP contribution in [0.1, 0.15) is 5.69 Å². The highest BCUT2D eigenvalue weighted by atomic mass is 35.5. The van der Waals surface area contributed by atoms with E-state index in [1.54, 1.807) is 0 Å². The van der Waals surface area contributed by atoms with Gasteiger partial charge in [0.15, 0.2) is 0 Å². The van der Waals surface area contributed by atoms with Crippen molar-refractivity contribution in [1.29, 1.82) is 0 Å². The first-order valence-corrected chi connectivity index (χ1v) is 6.12. The molecule has 19 heavy (non-hydrogen) atoms. The molecule has 2 aromatic rings. The molecule has 0 bridgehead atoms. The summed E-state index contributed by atoms with van der Waals surface area (Å²) < 4.78 is 37.8. The first-order chi connectivity index (χ1) is 8.80. The third-order valence-corrected chi connectivity index (χ3v) is 3.64. The van der Waals surface area contributed by atoms with E-state index in [9.17, 15) is 13.2 Å². The maximum absolute atomic E-state index is 12.6. The van der Waals surface area contributed by atoms with E-state index < -0.39 is 11.9 Å². The number of hydrogen-bond donors (Lipinski definition) is 0. The normalized spacial score (nSPS) is 11.7. The second-order valence-corrected chi connectivity index (χ2v) is 4.79. The van der Waals surface area contributed by atoms with Crippen molar-refractivity contribution in [2.45, 2.75) is 6.18 Å². The zero-order valence-electron chi connectivity index (χ0n) is 9.10. The molecule has 0 amide bonds. The molecule has 0 spiro atoms. The van der Waals surface area contributed by atoms with Gasteiger partial charge in [-0.05, 0) is 24.3 Å². The summed E-state index contributed by atoms with van der Waals surface area (Å²) in [6.07, 6.45) is -4.52. The van der Waals surface area contributed by atoms with Crippen molar-refractivity contribution in [2.75, 3.05) is 0 Å². The number of hydrogen-bond acceptors (Lipinski definition) is 1. The fourth-order valence-electron chi connectivity index (χ4n) is 1.47. The van der Waals surface area contributed by atoms with Gasteiger partial charge in [-0.25, -0.2) is 4.98 Å². The smallest absolute Gasteiger partial charge is 0.243 e. The van der Waals surface area contributed by atoms with E-state index in [4.69, 9.17) is 34.8 Å². The molecule has 0 N–H and O–H groups in total. The van der Waals surface area contributed by atoms with E-state index in [0.717, 1.165) is 6.07 Å². The summed E-state index contributed by atoms with van der Waals surface area (Å²) in [5, 5.41) is 0.378. The molecule has 1 aromatic heterocycles. The molecule has 0 saturated heterocycles. The number of benzene rings is 1. The highest BCUT2D eigenvalue weighted by Crippen LogP contribution is 2.38. The zero-order valence-corrected chi connectivity index (χ0v) is 11.4. The summed E-state index contributed by atoms with van der Waals surface area (Å²) in [7, 11) is 0. The topological polar surface area (TPSA) is 12.9 Å². The largest absolute Gasteiger partial charge is 0.433 e. The van der Waals surface area contributed by atoms with Gasteiger partial charge < -0.3 is 0 Å². The van der Waals surface area contributed by atoms with E-state index in [-0.39, 0.29) is 20.8 Å². The van der Waals surface area contributed by atoms with Crippen LogP contribution in [0.15, 0.2) is 30.3 Å². The standard InChI is InChI=1S/C12H5Cl3F3N/c13-7-5-4-6(10(14)11(7)15)8-2-1-3-9(19-8)12(16,17)18/h1-5H. The molecule has 0 aliphatic heterocycles. The van der Waals surface area contributed by atoms with Gasteiger partial charge in [0.05, 0.1) is 20.8 Å². The summed E-state index contributed by atoms with van der Waals surface area (Å²) >= 11 is 17.6. The van der Waals surface area contributed by atoms with Crippen molar-refractivity contribution in [3.05, 3.63) is 51.1 Å². The van der Waals surface area contributed by atoms with Crippen LogP contribution < -0.4 is 0 Å². The van der Waals surface area contributed by atoms with Crippen LogP contribution in [-0.4, -0.2) is 4.98 Å².